The number of aromatic nitrogens is 2. The van der Waals surface area contributed by atoms with Crippen molar-refractivity contribution >= 4 is 23.4 Å². The maximum absolute atomic E-state index is 13.6. The SMILES string of the molecule is COc1ccc(CN2C[C@H](c3cccc(C(F)(F)F)c3)N(c3cnc(Oc4ccc(Cl)cc4)cn3)C2=O)cc1. The van der Waals surface area contributed by atoms with E-state index in [2.05, 4.69) is 9.97 Å². The minimum atomic E-state index is -4.52. The highest BCUT2D eigenvalue weighted by Crippen LogP contribution is 2.37. The van der Waals surface area contributed by atoms with Crippen LogP contribution in [0.25, 0.3) is 0 Å². The molecule has 0 radical (unpaired) electrons. The number of rotatable bonds is 7. The van der Waals surface area contributed by atoms with Crippen LogP contribution in [-0.4, -0.2) is 34.6 Å². The van der Waals surface area contributed by atoms with Gasteiger partial charge in [-0.25, -0.2) is 14.8 Å². The molecule has 7 nitrogen and oxygen atoms in total. The van der Waals surface area contributed by atoms with Crippen molar-refractivity contribution in [2.45, 2.75) is 18.8 Å². The Morgan fingerprint density at radius 1 is 0.974 bits per heavy atom. The molecule has 1 aliphatic rings. The zero-order valence-electron chi connectivity index (χ0n) is 20.6. The van der Waals surface area contributed by atoms with E-state index in [1.54, 1.807) is 54.5 Å². The lowest BCUT2D eigenvalue weighted by molar-refractivity contribution is -0.137. The molecule has 0 saturated carbocycles. The second-order valence-corrected chi connectivity index (χ2v) is 9.23. The Hall–Kier alpha value is -4.31. The molecule has 0 N–H and O–H groups in total. The van der Waals surface area contributed by atoms with Gasteiger partial charge in [-0.1, -0.05) is 35.9 Å². The van der Waals surface area contributed by atoms with Crippen molar-refractivity contribution in [3.63, 3.8) is 0 Å². The van der Waals surface area contributed by atoms with E-state index in [9.17, 15) is 18.0 Å². The van der Waals surface area contributed by atoms with Crippen LogP contribution < -0.4 is 14.4 Å². The number of hydrogen-bond donors (Lipinski definition) is 0. The molecule has 1 atom stereocenters. The summed E-state index contributed by atoms with van der Waals surface area (Å²) in [5.41, 5.74) is 0.379. The Morgan fingerprint density at radius 3 is 2.33 bits per heavy atom. The molecule has 2 heterocycles. The molecule has 4 aromatic rings. The lowest BCUT2D eigenvalue weighted by Crippen LogP contribution is -2.33. The number of ether oxygens (including phenoxy) is 2. The van der Waals surface area contributed by atoms with Crippen molar-refractivity contribution < 1.29 is 27.4 Å². The fourth-order valence-corrected chi connectivity index (χ4v) is 4.41. The quantitative estimate of drug-likeness (QED) is 0.243. The number of nitrogens with zero attached hydrogens (tertiary/aromatic N) is 4. The summed E-state index contributed by atoms with van der Waals surface area (Å²) in [6, 6.07) is 17.7. The molecule has 1 saturated heterocycles. The number of hydrogen-bond acceptors (Lipinski definition) is 5. The molecule has 3 aromatic carbocycles. The molecule has 1 aliphatic heterocycles. The van der Waals surface area contributed by atoms with Crippen LogP contribution in [-0.2, 0) is 12.7 Å². The third-order valence-electron chi connectivity index (χ3n) is 6.21. The van der Waals surface area contributed by atoms with Gasteiger partial charge in [0.25, 0.3) is 0 Å². The van der Waals surface area contributed by atoms with Gasteiger partial charge < -0.3 is 14.4 Å². The van der Waals surface area contributed by atoms with Gasteiger partial charge in [-0.15, -0.1) is 0 Å². The smallest absolute Gasteiger partial charge is 0.416 e. The average Bonchev–Trinajstić information content (AvgIpc) is 3.26. The fraction of sp³-hybridized carbons (Fsp3) is 0.179. The van der Waals surface area contributed by atoms with Crippen molar-refractivity contribution in [1.82, 2.24) is 14.9 Å². The highest BCUT2D eigenvalue weighted by molar-refractivity contribution is 6.30. The summed E-state index contributed by atoms with van der Waals surface area (Å²) >= 11 is 5.90. The molecule has 11 heteroatoms. The van der Waals surface area contributed by atoms with E-state index >= 15 is 0 Å². The largest absolute Gasteiger partial charge is 0.497 e. The van der Waals surface area contributed by atoms with E-state index in [0.29, 0.717) is 22.1 Å². The van der Waals surface area contributed by atoms with Crippen LogP contribution in [0.1, 0.15) is 22.7 Å². The summed E-state index contributed by atoms with van der Waals surface area (Å²) in [5, 5.41) is 0.552. The third kappa shape index (κ3) is 5.91. The van der Waals surface area contributed by atoms with E-state index < -0.39 is 23.8 Å². The predicted molar refractivity (Wildman–Crippen MR) is 139 cm³/mol. The Bertz CT molecular complexity index is 1450. The van der Waals surface area contributed by atoms with Crippen molar-refractivity contribution in [2.24, 2.45) is 0 Å². The lowest BCUT2D eigenvalue weighted by Gasteiger charge is -2.23. The van der Waals surface area contributed by atoms with Gasteiger partial charge in [-0.2, -0.15) is 13.2 Å². The minimum absolute atomic E-state index is 0.150. The van der Waals surface area contributed by atoms with Crippen LogP contribution >= 0.6 is 11.6 Å². The normalized spacial score (nSPS) is 15.5. The first-order valence-electron chi connectivity index (χ1n) is 11.8. The Kier molecular flexibility index (Phi) is 7.30. The van der Waals surface area contributed by atoms with Crippen LogP contribution in [0.2, 0.25) is 5.02 Å². The molecular weight excluding hydrogens is 533 g/mol. The first-order valence-corrected chi connectivity index (χ1v) is 12.2. The van der Waals surface area contributed by atoms with Gasteiger partial charge in [-0.05, 0) is 59.7 Å². The average molecular weight is 555 g/mol. The molecule has 200 valence electrons. The van der Waals surface area contributed by atoms with E-state index in [-0.39, 0.29) is 24.8 Å². The summed E-state index contributed by atoms with van der Waals surface area (Å²) in [6.07, 6.45) is -1.81. The second kappa shape index (κ2) is 10.8. The number of urea groups is 1. The number of halogens is 4. The minimum Gasteiger partial charge on any atom is -0.497 e. The van der Waals surface area contributed by atoms with Crippen molar-refractivity contribution in [3.05, 3.63) is 107 Å². The molecule has 1 aromatic heterocycles. The van der Waals surface area contributed by atoms with Crippen LogP contribution in [0.15, 0.2) is 85.2 Å². The van der Waals surface area contributed by atoms with Crippen LogP contribution in [0, 0.1) is 0 Å². The number of carbonyl (C=O) groups is 1. The van der Waals surface area contributed by atoms with Crippen LogP contribution in [0.4, 0.5) is 23.8 Å². The van der Waals surface area contributed by atoms with Gasteiger partial charge in [0.2, 0.25) is 5.88 Å². The van der Waals surface area contributed by atoms with Crippen molar-refractivity contribution in [2.75, 3.05) is 18.6 Å². The van der Waals surface area contributed by atoms with E-state index in [4.69, 9.17) is 21.1 Å². The molecule has 0 aliphatic carbocycles. The van der Waals surface area contributed by atoms with Crippen LogP contribution in [0.5, 0.6) is 17.4 Å². The van der Waals surface area contributed by atoms with Gasteiger partial charge in [0.15, 0.2) is 5.82 Å². The number of alkyl halides is 3. The standard InChI is InChI=1S/C28H22ClF3N4O3/c1-38-22-9-5-18(6-10-22)16-35-17-24(19-3-2-4-20(13-19)28(30,31)32)36(27(35)37)25-14-34-26(15-33-25)39-23-11-7-21(29)8-12-23/h2-15,24H,16-17H2,1H3/t24-/m1/s1. The maximum atomic E-state index is 13.6. The molecule has 0 bridgehead atoms. The lowest BCUT2D eigenvalue weighted by atomic mass is 10.0. The van der Waals surface area contributed by atoms with Gasteiger partial charge >= 0.3 is 12.2 Å². The Morgan fingerprint density at radius 2 is 1.69 bits per heavy atom. The third-order valence-corrected chi connectivity index (χ3v) is 6.46. The molecule has 39 heavy (non-hydrogen) atoms. The Balaban J connectivity index is 1.44. The molecular formula is C28H22ClF3N4O3. The van der Waals surface area contributed by atoms with Gasteiger partial charge in [0, 0.05) is 18.1 Å². The van der Waals surface area contributed by atoms with E-state index in [0.717, 1.165) is 17.7 Å². The summed E-state index contributed by atoms with van der Waals surface area (Å²) in [6.45, 7) is 0.400. The summed E-state index contributed by atoms with van der Waals surface area (Å²) in [7, 11) is 1.56. The zero-order valence-corrected chi connectivity index (χ0v) is 21.4. The number of amides is 2. The number of carbonyl (C=O) groups excluding carboxylic acids is 1. The van der Waals surface area contributed by atoms with Gasteiger partial charge in [0.1, 0.15) is 11.5 Å². The number of methoxy groups -OCH3 is 1. The first kappa shape index (κ1) is 26.3. The van der Waals surface area contributed by atoms with E-state index in [1.165, 1.54) is 23.4 Å². The van der Waals surface area contributed by atoms with Gasteiger partial charge in [-0.3, -0.25) is 4.90 Å². The van der Waals surface area contributed by atoms with Gasteiger partial charge in [0.05, 0.1) is 31.1 Å². The Labute approximate surface area is 227 Å². The van der Waals surface area contributed by atoms with Crippen LogP contribution in [0.3, 0.4) is 0 Å². The molecule has 1 fully saturated rings. The predicted octanol–water partition coefficient (Wildman–Crippen LogP) is 7.13. The van der Waals surface area contributed by atoms with E-state index in [1.807, 2.05) is 12.1 Å². The number of benzene rings is 3. The molecule has 0 unspecified atom stereocenters. The summed E-state index contributed by atoms with van der Waals surface area (Å²) in [5.74, 6) is 1.53. The number of anilines is 1. The summed E-state index contributed by atoms with van der Waals surface area (Å²) < 4.78 is 51.3. The molecule has 5 rings (SSSR count). The highest BCUT2D eigenvalue weighted by Gasteiger charge is 2.41. The highest BCUT2D eigenvalue weighted by atomic mass is 35.5. The first-order chi connectivity index (χ1) is 18.7. The van der Waals surface area contributed by atoms with Crippen molar-refractivity contribution in [3.8, 4) is 17.4 Å². The second-order valence-electron chi connectivity index (χ2n) is 8.79. The zero-order chi connectivity index (χ0) is 27.6. The molecule has 0 spiro atoms. The summed E-state index contributed by atoms with van der Waals surface area (Å²) in [4.78, 5) is 25.1. The molecule has 2 amide bonds. The monoisotopic (exact) mass is 554 g/mol. The van der Waals surface area contributed by atoms with Crippen molar-refractivity contribution in [1.29, 1.82) is 0 Å². The fourth-order valence-electron chi connectivity index (χ4n) is 4.28. The topological polar surface area (TPSA) is 67.8 Å². The maximum Gasteiger partial charge on any atom is 0.416 e.